The highest BCUT2D eigenvalue weighted by Gasteiger charge is 2.30. The topological polar surface area (TPSA) is 106 Å². The van der Waals surface area contributed by atoms with Crippen LogP contribution in [0.5, 0.6) is 0 Å². The quantitative estimate of drug-likeness (QED) is 0.203. The number of alkyl halides is 3. The number of carbonyl (C=O) groups excluding carboxylic acids is 1. The van der Waals surface area contributed by atoms with Crippen molar-refractivity contribution in [1.82, 2.24) is 10.3 Å². The van der Waals surface area contributed by atoms with Crippen molar-refractivity contribution in [3.8, 4) is 17.2 Å². The third-order valence-corrected chi connectivity index (χ3v) is 6.76. The Balaban J connectivity index is 1.52. The van der Waals surface area contributed by atoms with Crippen molar-refractivity contribution in [2.75, 3.05) is 0 Å². The number of benzene rings is 4. The highest BCUT2D eigenvalue weighted by Crippen LogP contribution is 2.33. The second-order valence-corrected chi connectivity index (χ2v) is 9.51. The maximum absolute atomic E-state index is 13.6. The van der Waals surface area contributed by atoms with Crippen molar-refractivity contribution < 1.29 is 27.9 Å². The zero-order valence-corrected chi connectivity index (χ0v) is 21.4. The monoisotopic (exact) mass is 553 g/mol. The molecule has 0 aliphatic carbocycles. The average Bonchev–Trinajstić information content (AvgIpc) is 3.38. The lowest BCUT2D eigenvalue weighted by Crippen LogP contribution is -2.23. The normalized spacial score (nSPS) is 11.3. The van der Waals surface area contributed by atoms with Gasteiger partial charge in [-0.1, -0.05) is 36.4 Å². The van der Waals surface area contributed by atoms with Gasteiger partial charge in [-0.25, -0.2) is 4.79 Å². The minimum Gasteiger partial charge on any atom is -0.478 e. The van der Waals surface area contributed by atoms with Crippen LogP contribution < -0.4 is 5.32 Å². The number of carbonyl (C=O) groups is 2. The summed E-state index contributed by atoms with van der Waals surface area (Å²) in [5.41, 5.74) is 4.40. The molecule has 1 amide bonds. The molecule has 204 valence electrons. The Hall–Kier alpha value is -5.36. The van der Waals surface area contributed by atoms with Gasteiger partial charge in [-0.05, 0) is 82.8 Å². The van der Waals surface area contributed by atoms with Crippen LogP contribution in [0.3, 0.4) is 0 Å². The fourth-order valence-electron chi connectivity index (χ4n) is 4.67. The van der Waals surface area contributed by atoms with Crippen LogP contribution in [0.4, 0.5) is 13.2 Å². The molecule has 3 N–H and O–H groups in total. The number of halogens is 3. The van der Waals surface area contributed by atoms with Crippen LogP contribution in [-0.2, 0) is 19.1 Å². The minimum atomic E-state index is -4.43. The SMILES string of the molecule is N#Cc1cccc(-c2cc(C(=O)NCc3ccc(C(=O)O)cc3)c3c(Cc4ccc(C(F)(F)F)cc4)c[nH]c3c2)c1. The summed E-state index contributed by atoms with van der Waals surface area (Å²) in [5, 5.41) is 22.0. The summed E-state index contributed by atoms with van der Waals surface area (Å²) in [6.07, 6.45) is -2.41. The molecule has 0 saturated heterocycles. The van der Waals surface area contributed by atoms with Crippen molar-refractivity contribution in [2.45, 2.75) is 19.1 Å². The zero-order valence-electron chi connectivity index (χ0n) is 21.4. The number of nitriles is 1. The van der Waals surface area contributed by atoms with E-state index in [1.807, 2.05) is 12.1 Å². The second-order valence-electron chi connectivity index (χ2n) is 9.51. The molecule has 41 heavy (non-hydrogen) atoms. The summed E-state index contributed by atoms with van der Waals surface area (Å²) in [6, 6.07) is 23.8. The van der Waals surface area contributed by atoms with Gasteiger partial charge in [-0.15, -0.1) is 0 Å². The number of aromatic amines is 1. The van der Waals surface area contributed by atoms with Gasteiger partial charge in [-0.3, -0.25) is 4.79 Å². The molecule has 4 aromatic carbocycles. The van der Waals surface area contributed by atoms with E-state index in [1.165, 1.54) is 24.3 Å². The molecular formula is C32H22F3N3O3. The van der Waals surface area contributed by atoms with E-state index in [1.54, 1.807) is 42.6 Å². The molecule has 0 aliphatic heterocycles. The second kappa shape index (κ2) is 11.0. The van der Waals surface area contributed by atoms with Crippen LogP contribution in [0.2, 0.25) is 0 Å². The first-order chi connectivity index (χ1) is 19.6. The first-order valence-electron chi connectivity index (χ1n) is 12.5. The third-order valence-electron chi connectivity index (χ3n) is 6.76. The largest absolute Gasteiger partial charge is 0.478 e. The number of aromatic carboxylic acids is 1. The average molecular weight is 554 g/mol. The van der Waals surface area contributed by atoms with Gasteiger partial charge in [0.15, 0.2) is 0 Å². The minimum absolute atomic E-state index is 0.134. The van der Waals surface area contributed by atoms with Crippen LogP contribution in [0.1, 0.15) is 48.5 Å². The van der Waals surface area contributed by atoms with Crippen molar-refractivity contribution in [3.05, 3.63) is 130 Å². The van der Waals surface area contributed by atoms with Crippen molar-refractivity contribution in [1.29, 1.82) is 5.26 Å². The molecule has 0 spiro atoms. The molecule has 0 radical (unpaired) electrons. The molecule has 0 bridgehead atoms. The molecule has 1 aromatic heterocycles. The van der Waals surface area contributed by atoms with E-state index in [9.17, 15) is 28.0 Å². The molecule has 0 unspecified atom stereocenters. The Morgan fingerprint density at radius 1 is 0.902 bits per heavy atom. The van der Waals surface area contributed by atoms with Crippen LogP contribution in [0.25, 0.3) is 22.0 Å². The molecule has 5 rings (SSSR count). The number of aromatic nitrogens is 1. The number of nitrogens with zero attached hydrogens (tertiary/aromatic N) is 1. The summed E-state index contributed by atoms with van der Waals surface area (Å²) in [4.78, 5) is 27.9. The zero-order chi connectivity index (χ0) is 29.1. The lowest BCUT2D eigenvalue weighted by molar-refractivity contribution is -0.137. The summed E-state index contributed by atoms with van der Waals surface area (Å²) < 4.78 is 39.1. The number of nitrogens with one attached hydrogen (secondary N) is 2. The first kappa shape index (κ1) is 27.2. The molecule has 0 atom stereocenters. The number of carboxylic acids is 1. The van der Waals surface area contributed by atoms with Crippen molar-refractivity contribution in [3.63, 3.8) is 0 Å². The molecule has 1 heterocycles. The predicted molar refractivity (Wildman–Crippen MR) is 147 cm³/mol. The maximum atomic E-state index is 13.6. The summed E-state index contributed by atoms with van der Waals surface area (Å²) >= 11 is 0. The van der Waals surface area contributed by atoms with Crippen LogP contribution in [0, 0.1) is 11.3 Å². The van der Waals surface area contributed by atoms with Gasteiger partial charge in [0.05, 0.1) is 22.8 Å². The number of carboxylic acid groups (broad SMARTS) is 1. The molecule has 0 aliphatic rings. The van der Waals surface area contributed by atoms with E-state index in [0.717, 1.165) is 23.3 Å². The summed E-state index contributed by atoms with van der Waals surface area (Å²) in [7, 11) is 0. The fraction of sp³-hybridized carbons (Fsp3) is 0.0938. The smallest absolute Gasteiger partial charge is 0.416 e. The molecular weight excluding hydrogens is 531 g/mol. The molecule has 6 nitrogen and oxygen atoms in total. The van der Waals surface area contributed by atoms with Crippen molar-refractivity contribution >= 4 is 22.8 Å². The molecule has 0 fully saturated rings. The first-order valence-corrected chi connectivity index (χ1v) is 12.5. The van der Waals surface area contributed by atoms with Crippen LogP contribution in [0.15, 0.2) is 91.1 Å². The van der Waals surface area contributed by atoms with E-state index in [0.29, 0.717) is 45.1 Å². The number of fused-ring (bicyclic) bond motifs is 1. The van der Waals surface area contributed by atoms with Gasteiger partial charge < -0.3 is 15.4 Å². The van der Waals surface area contributed by atoms with Gasteiger partial charge in [0.25, 0.3) is 5.91 Å². The van der Waals surface area contributed by atoms with Gasteiger partial charge in [-0.2, -0.15) is 18.4 Å². The third kappa shape index (κ3) is 5.97. The Labute approximate surface area is 232 Å². The van der Waals surface area contributed by atoms with E-state index in [4.69, 9.17) is 5.11 Å². The Morgan fingerprint density at radius 3 is 2.27 bits per heavy atom. The van der Waals surface area contributed by atoms with Gasteiger partial charge in [0.2, 0.25) is 0 Å². The molecule has 5 aromatic rings. The number of hydrogen-bond donors (Lipinski definition) is 3. The van der Waals surface area contributed by atoms with Gasteiger partial charge in [0, 0.05) is 29.2 Å². The Morgan fingerprint density at radius 2 is 1.61 bits per heavy atom. The summed E-state index contributed by atoms with van der Waals surface area (Å²) in [6.45, 7) is 0.146. The lowest BCUT2D eigenvalue weighted by atomic mass is 9.95. The van der Waals surface area contributed by atoms with Crippen LogP contribution >= 0.6 is 0 Å². The Bertz CT molecular complexity index is 1800. The van der Waals surface area contributed by atoms with Crippen LogP contribution in [-0.4, -0.2) is 22.0 Å². The molecule has 0 saturated carbocycles. The number of amides is 1. The van der Waals surface area contributed by atoms with E-state index in [-0.39, 0.29) is 18.0 Å². The lowest BCUT2D eigenvalue weighted by Gasteiger charge is -2.12. The number of hydrogen-bond acceptors (Lipinski definition) is 3. The van der Waals surface area contributed by atoms with Crippen molar-refractivity contribution in [2.24, 2.45) is 0 Å². The maximum Gasteiger partial charge on any atom is 0.416 e. The van der Waals surface area contributed by atoms with Gasteiger partial charge >= 0.3 is 12.1 Å². The summed E-state index contributed by atoms with van der Waals surface area (Å²) in [5.74, 6) is -1.43. The van der Waals surface area contributed by atoms with Gasteiger partial charge in [0.1, 0.15) is 0 Å². The fourth-order valence-corrected chi connectivity index (χ4v) is 4.67. The highest BCUT2D eigenvalue weighted by molar-refractivity contribution is 6.09. The molecule has 9 heteroatoms. The predicted octanol–water partition coefficient (Wildman–Crippen LogP) is 6.94. The number of rotatable bonds is 7. The number of H-pyrrole nitrogens is 1. The van der Waals surface area contributed by atoms with E-state index in [2.05, 4.69) is 16.4 Å². The van der Waals surface area contributed by atoms with E-state index < -0.39 is 17.7 Å². The highest BCUT2D eigenvalue weighted by atomic mass is 19.4. The Kier molecular flexibility index (Phi) is 7.32. The van der Waals surface area contributed by atoms with E-state index >= 15 is 0 Å². The standard InChI is InChI=1S/C32H22F3N3O3/c33-32(34,35)26-10-6-19(7-11-26)12-25-18-37-28-15-24(23-3-1-2-21(13-23)16-36)14-27(29(25)28)30(39)38-17-20-4-8-22(9-5-20)31(40)41/h1-11,13-15,18,37H,12,17H2,(H,38,39)(H,40,41).